The average molecular weight is 513 g/mol. The van der Waals surface area contributed by atoms with Gasteiger partial charge in [0.05, 0.1) is 29.2 Å². The lowest BCUT2D eigenvalue weighted by atomic mass is 10.2. The van der Waals surface area contributed by atoms with Gasteiger partial charge < -0.3 is 19.1 Å². The third-order valence-electron chi connectivity index (χ3n) is 4.43. The zero-order valence-electron chi connectivity index (χ0n) is 16.8. The van der Waals surface area contributed by atoms with Crippen molar-refractivity contribution in [2.24, 2.45) is 0 Å². The largest absolute Gasteiger partial charge is 0.483 e. The van der Waals surface area contributed by atoms with Gasteiger partial charge in [-0.15, -0.1) is 0 Å². The summed E-state index contributed by atoms with van der Waals surface area (Å²) in [6, 6.07) is 5.10. The van der Waals surface area contributed by atoms with Crippen LogP contribution in [0.3, 0.4) is 0 Å². The van der Waals surface area contributed by atoms with Crippen LogP contribution in [-0.4, -0.2) is 78.9 Å². The van der Waals surface area contributed by atoms with Crippen LogP contribution in [0, 0.1) is 0 Å². The highest BCUT2D eigenvalue weighted by Crippen LogP contribution is 2.33. The van der Waals surface area contributed by atoms with Crippen molar-refractivity contribution < 1.29 is 33.4 Å². The molecule has 0 N–H and O–H groups in total. The van der Waals surface area contributed by atoms with Crippen molar-refractivity contribution in [3.8, 4) is 5.75 Å². The molecule has 31 heavy (non-hydrogen) atoms. The zero-order chi connectivity index (χ0) is 22.4. The SMILES string of the molecule is CCOC(=O)CN1C(=O)S/C(=C/c2ccc(OCC(=O)N3CCOCC3)c(Br)c2)C1=O. The summed E-state index contributed by atoms with van der Waals surface area (Å²) in [5.41, 5.74) is 0.653. The van der Waals surface area contributed by atoms with E-state index in [0.717, 1.165) is 16.7 Å². The van der Waals surface area contributed by atoms with Gasteiger partial charge >= 0.3 is 5.97 Å². The Bertz CT molecular complexity index is 915. The molecule has 11 heteroatoms. The van der Waals surface area contributed by atoms with Gasteiger partial charge in [0.1, 0.15) is 12.3 Å². The van der Waals surface area contributed by atoms with E-state index in [1.165, 1.54) is 0 Å². The number of ether oxygens (including phenoxy) is 3. The van der Waals surface area contributed by atoms with E-state index in [1.807, 2.05) is 0 Å². The number of imide groups is 1. The first kappa shape index (κ1) is 23.3. The molecule has 2 heterocycles. The molecule has 0 bridgehead atoms. The van der Waals surface area contributed by atoms with Crippen LogP contribution in [0.4, 0.5) is 4.79 Å². The minimum absolute atomic E-state index is 0.0926. The van der Waals surface area contributed by atoms with Crippen molar-refractivity contribution in [1.82, 2.24) is 9.80 Å². The van der Waals surface area contributed by atoms with Crippen LogP contribution in [-0.2, 0) is 23.9 Å². The predicted octanol–water partition coefficient (Wildman–Crippen LogP) is 2.29. The number of morpholine rings is 1. The van der Waals surface area contributed by atoms with Crippen LogP contribution in [0.2, 0.25) is 0 Å². The Morgan fingerprint density at radius 2 is 2.00 bits per heavy atom. The third-order valence-corrected chi connectivity index (χ3v) is 5.96. The molecule has 2 aliphatic heterocycles. The minimum Gasteiger partial charge on any atom is -0.483 e. The second-order valence-electron chi connectivity index (χ2n) is 6.54. The summed E-state index contributed by atoms with van der Waals surface area (Å²) in [4.78, 5) is 51.1. The van der Waals surface area contributed by atoms with Gasteiger partial charge in [-0.25, -0.2) is 0 Å². The van der Waals surface area contributed by atoms with Gasteiger partial charge in [-0.3, -0.25) is 24.1 Å². The number of benzene rings is 1. The molecular weight excluding hydrogens is 492 g/mol. The number of nitrogens with zero attached hydrogens (tertiary/aromatic N) is 2. The summed E-state index contributed by atoms with van der Waals surface area (Å²) in [5.74, 6) is -0.818. The minimum atomic E-state index is -0.637. The highest BCUT2D eigenvalue weighted by Gasteiger charge is 2.36. The maximum absolute atomic E-state index is 12.5. The van der Waals surface area contributed by atoms with Crippen LogP contribution < -0.4 is 4.74 Å². The zero-order valence-corrected chi connectivity index (χ0v) is 19.2. The van der Waals surface area contributed by atoms with Crippen molar-refractivity contribution in [2.45, 2.75) is 6.92 Å². The fraction of sp³-hybridized carbons (Fsp3) is 0.400. The topological polar surface area (TPSA) is 102 Å². The maximum Gasteiger partial charge on any atom is 0.326 e. The Labute approximate surface area is 191 Å². The van der Waals surface area contributed by atoms with Gasteiger partial charge in [0.2, 0.25) is 0 Å². The summed E-state index contributed by atoms with van der Waals surface area (Å²) in [6.07, 6.45) is 1.56. The normalized spacial score (nSPS) is 17.9. The molecule has 0 atom stereocenters. The number of amides is 3. The smallest absolute Gasteiger partial charge is 0.326 e. The molecule has 2 saturated heterocycles. The van der Waals surface area contributed by atoms with E-state index in [1.54, 1.807) is 36.1 Å². The highest BCUT2D eigenvalue weighted by atomic mass is 79.9. The third kappa shape index (κ3) is 6.08. The monoisotopic (exact) mass is 512 g/mol. The number of esters is 1. The quantitative estimate of drug-likeness (QED) is 0.405. The van der Waals surface area contributed by atoms with Gasteiger partial charge in [0.25, 0.3) is 17.1 Å². The van der Waals surface area contributed by atoms with Crippen LogP contribution in [0.1, 0.15) is 12.5 Å². The standard InChI is InChI=1S/C20H21BrN2O7S/c1-2-29-18(25)11-23-19(26)16(31-20(23)27)10-13-3-4-15(14(21)9-13)30-12-17(24)22-5-7-28-8-6-22/h3-4,9-10H,2,5-8,11-12H2,1H3/b16-10+. The maximum atomic E-state index is 12.5. The number of hydrogen-bond acceptors (Lipinski definition) is 8. The molecule has 9 nitrogen and oxygen atoms in total. The fourth-order valence-corrected chi connectivity index (χ4v) is 4.24. The fourth-order valence-electron chi connectivity index (χ4n) is 2.89. The summed E-state index contributed by atoms with van der Waals surface area (Å²) in [7, 11) is 0. The van der Waals surface area contributed by atoms with Crippen LogP contribution in [0.15, 0.2) is 27.6 Å². The van der Waals surface area contributed by atoms with Crippen molar-refractivity contribution in [1.29, 1.82) is 0 Å². The molecule has 0 saturated carbocycles. The van der Waals surface area contributed by atoms with E-state index in [0.29, 0.717) is 42.1 Å². The number of rotatable bonds is 7. The molecule has 3 rings (SSSR count). The van der Waals surface area contributed by atoms with E-state index < -0.39 is 23.7 Å². The molecule has 2 fully saturated rings. The Hall–Kier alpha value is -2.37. The summed E-state index contributed by atoms with van der Waals surface area (Å²) < 4.78 is 16.2. The number of carbonyl (C=O) groups is 4. The molecule has 1 aromatic carbocycles. The average Bonchev–Trinajstić information content (AvgIpc) is 3.01. The highest BCUT2D eigenvalue weighted by molar-refractivity contribution is 9.10. The number of thioether (sulfide) groups is 1. The molecular formula is C20H21BrN2O7S. The molecule has 0 aliphatic carbocycles. The van der Waals surface area contributed by atoms with E-state index in [-0.39, 0.29) is 24.0 Å². The van der Waals surface area contributed by atoms with Crippen LogP contribution >= 0.6 is 27.7 Å². The summed E-state index contributed by atoms with van der Waals surface area (Å²) >= 11 is 4.16. The first-order valence-corrected chi connectivity index (χ1v) is 11.2. The van der Waals surface area contributed by atoms with Gasteiger partial charge in [0.15, 0.2) is 6.61 Å². The van der Waals surface area contributed by atoms with Crippen molar-refractivity contribution in [3.05, 3.63) is 33.1 Å². The van der Waals surface area contributed by atoms with E-state index >= 15 is 0 Å². The molecule has 0 aromatic heterocycles. The van der Waals surface area contributed by atoms with E-state index in [4.69, 9.17) is 14.2 Å². The van der Waals surface area contributed by atoms with Crippen LogP contribution in [0.5, 0.6) is 5.75 Å². The molecule has 0 spiro atoms. The van der Waals surface area contributed by atoms with E-state index in [2.05, 4.69) is 15.9 Å². The van der Waals surface area contributed by atoms with Gasteiger partial charge in [0, 0.05) is 13.1 Å². The Balaban J connectivity index is 1.62. The predicted molar refractivity (Wildman–Crippen MR) is 116 cm³/mol. The van der Waals surface area contributed by atoms with Crippen molar-refractivity contribution >= 4 is 56.8 Å². The van der Waals surface area contributed by atoms with E-state index in [9.17, 15) is 19.2 Å². The Morgan fingerprint density at radius 1 is 1.26 bits per heavy atom. The first-order valence-electron chi connectivity index (χ1n) is 9.58. The molecule has 1 aromatic rings. The van der Waals surface area contributed by atoms with Gasteiger partial charge in [-0.05, 0) is 58.4 Å². The second-order valence-corrected chi connectivity index (χ2v) is 8.39. The summed E-state index contributed by atoms with van der Waals surface area (Å²) in [5, 5.41) is -0.523. The Morgan fingerprint density at radius 3 is 2.68 bits per heavy atom. The van der Waals surface area contributed by atoms with Crippen molar-refractivity contribution in [3.63, 3.8) is 0 Å². The van der Waals surface area contributed by atoms with Gasteiger partial charge in [-0.1, -0.05) is 6.07 Å². The van der Waals surface area contributed by atoms with Gasteiger partial charge in [-0.2, -0.15) is 0 Å². The van der Waals surface area contributed by atoms with Crippen LogP contribution in [0.25, 0.3) is 6.08 Å². The summed E-state index contributed by atoms with van der Waals surface area (Å²) in [6.45, 7) is 3.46. The lowest BCUT2D eigenvalue weighted by Gasteiger charge is -2.26. The molecule has 0 unspecified atom stereocenters. The number of halogens is 1. The Kier molecular flexibility index (Phi) is 8.10. The number of carbonyl (C=O) groups excluding carboxylic acids is 4. The molecule has 3 amide bonds. The number of hydrogen-bond donors (Lipinski definition) is 0. The lowest BCUT2D eigenvalue weighted by Crippen LogP contribution is -2.43. The molecule has 0 radical (unpaired) electrons. The second kappa shape index (κ2) is 10.8. The lowest BCUT2D eigenvalue weighted by molar-refractivity contribution is -0.146. The molecule has 166 valence electrons. The van der Waals surface area contributed by atoms with Crippen molar-refractivity contribution in [2.75, 3.05) is 46.1 Å². The molecule has 2 aliphatic rings. The first-order chi connectivity index (χ1) is 14.9.